The van der Waals surface area contributed by atoms with Crippen LogP contribution in [0.1, 0.15) is 23.2 Å². The average Bonchev–Trinajstić information content (AvgIpc) is 2.68. The predicted molar refractivity (Wildman–Crippen MR) is 114 cm³/mol. The Morgan fingerprint density at radius 2 is 1.80 bits per heavy atom. The molecule has 0 aliphatic carbocycles. The predicted octanol–water partition coefficient (Wildman–Crippen LogP) is 4.92. The molecule has 30 heavy (non-hydrogen) atoms. The third-order valence-electron chi connectivity index (χ3n) is 4.86. The van der Waals surface area contributed by atoms with Crippen LogP contribution < -0.4 is 15.4 Å². The second kappa shape index (κ2) is 9.44. The number of hydrogen-bond acceptors (Lipinski definition) is 4. The van der Waals surface area contributed by atoms with Crippen molar-refractivity contribution in [1.82, 2.24) is 4.90 Å². The van der Waals surface area contributed by atoms with Crippen LogP contribution in [-0.2, 0) is 0 Å². The number of ketones is 1. The van der Waals surface area contributed by atoms with Gasteiger partial charge in [0.25, 0.3) is 0 Å². The molecule has 1 fully saturated rings. The third-order valence-corrected chi connectivity index (χ3v) is 5.06. The molecule has 3 rings (SSSR count). The van der Waals surface area contributed by atoms with E-state index in [-0.39, 0.29) is 28.3 Å². The van der Waals surface area contributed by atoms with E-state index in [2.05, 4.69) is 20.3 Å². The Morgan fingerprint density at radius 1 is 1.10 bits per heavy atom. The lowest BCUT2D eigenvalue weighted by Crippen LogP contribution is -2.33. The number of benzene rings is 2. The molecule has 0 atom stereocenters. The molecule has 0 saturated carbocycles. The van der Waals surface area contributed by atoms with Gasteiger partial charge in [-0.05, 0) is 69.5 Å². The van der Waals surface area contributed by atoms with Crippen molar-refractivity contribution in [2.45, 2.75) is 19.2 Å². The number of alkyl halides is 3. The molecule has 1 heterocycles. The van der Waals surface area contributed by atoms with E-state index in [1.54, 1.807) is 30.3 Å². The van der Waals surface area contributed by atoms with Gasteiger partial charge in [-0.15, -0.1) is 13.2 Å². The standard InChI is InChI=1S/C21H22F3N3O2S/c1-27-11-9-14(10-12-27)19(28)15-5-4-6-16(13-15)25-20(30)26-17-7-2-3-8-18(17)29-21(22,23)24/h2-8,13-14H,9-12H2,1H3,(H2,25,26,30). The van der Waals surface area contributed by atoms with Crippen molar-refractivity contribution in [2.24, 2.45) is 5.92 Å². The van der Waals surface area contributed by atoms with Gasteiger partial charge in [0.15, 0.2) is 16.6 Å². The largest absolute Gasteiger partial charge is 0.573 e. The number of likely N-dealkylation sites (tertiary alicyclic amines) is 1. The van der Waals surface area contributed by atoms with Crippen LogP contribution in [0.2, 0.25) is 0 Å². The Morgan fingerprint density at radius 3 is 2.50 bits per heavy atom. The van der Waals surface area contributed by atoms with Crippen LogP contribution in [0.3, 0.4) is 0 Å². The number of piperidine rings is 1. The number of thiocarbonyl (C=S) groups is 1. The number of carbonyl (C=O) groups excluding carboxylic acids is 1. The van der Waals surface area contributed by atoms with Crippen LogP contribution in [0.15, 0.2) is 48.5 Å². The molecule has 0 bridgehead atoms. The van der Waals surface area contributed by atoms with E-state index in [4.69, 9.17) is 12.2 Å². The maximum atomic E-state index is 12.8. The Hall–Kier alpha value is -2.65. The number of nitrogens with zero attached hydrogens (tertiary/aromatic N) is 1. The summed E-state index contributed by atoms with van der Waals surface area (Å²) in [6.45, 7) is 1.78. The summed E-state index contributed by atoms with van der Waals surface area (Å²) in [4.78, 5) is 15.0. The van der Waals surface area contributed by atoms with E-state index in [0.717, 1.165) is 25.9 Å². The van der Waals surface area contributed by atoms with E-state index in [1.165, 1.54) is 18.2 Å². The molecular weight excluding hydrogens is 415 g/mol. The monoisotopic (exact) mass is 437 g/mol. The highest BCUT2D eigenvalue weighted by Gasteiger charge is 2.32. The minimum absolute atomic E-state index is 0.00655. The number of para-hydroxylation sites is 2. The number of rotatable bonds is 5. The molecule has 0 unspecified atom stereocenters. The Kier molecular flexibility index (Phi) is 6.94. The SMILES string of the molecule is CN1CCC(C(=O)c2cccc(NC(=S)Nc3ccccc3OC(F)(F)F)c2)CC1. The van der Waals surface area contributed by atoms with Crippen molar-refractivity contribution >= 4 is 34.5 Å². The van der Waals surface area contributed by atoms with E-state index in [1.807, 2.05) is 7.05 Å². The summed E-state index contributed by atoms with van der Waals surface area (Å²) >= 11 is 5.22. The molecule has 1 saturated heterocycles. The van der Waals surface area contributed by atoms with Gasteiger partial charge in [-0.1, -0.05) is 24.3 Å². The number of nitrogens with one attached hydrogen (secondary N) is 2. The first-order valence-electron chi connectivity index (χ1n) is 9.47. The lowest BCUT2D eigenvalue weighted by molar-refractivity contribution is -0.274. The molecule has 2 aromatic carbocycles. The van der Waals surface area contributed by atoms with Gasteiger partial charge in [0.1, 0.15) is 0 Å². The molecule has 1 aliphatic heterocycles. The van der Waals surface area contributed by atoms with Crippen molar-refractivity contribution in [1.29, 1.82) is 0 Å². The molecule has 2 aromatic rings. The number of Topliss-reactive ketones (excluding diaryl/α,β-unsaturated/α-hetero) is 1. The Labute approximate surface area is 178 Å². The summed E-state index contributed by atoms with van der Waals surface area (Å²) < 4.78 is 41.7. The number of carbonyl (C=O) groups is 1. The highest BCUT2D eigenvalue weighted by Crippen LogP contribution is 2.30. The zero-order valence-electron chi connectivity index (χ0n) is 16.3. The van der Waals surface area contributed by atoms with Crippen molar-refractivity contribution in [3.8, 4) is 5.75 Å². The van der Waals surface area contributed by atoms with Crippen LogP contribution in [0.5, 0.6) is 5.75 Å². The summed E-state index contributed by atoms with van der Waals surface area (Å²) in [6, 6.07) is 12.6. The van der Waals surface area contributed by atoms with Crippen LogP contribution in [-0.4, -0.2) is 42.3 Å². The van der Waals surface area contributed by atoms with E-state index < -0.39 is 6.36 Å². The topological polar surface area (TPSA) is 53.6 Å². The maximum absolute atomic E-state index is 12.8. The van der Waals surface area contributed by atoms with Gasteiger partial charge >= 0.3 is 6.36 Å². The number of ether oxygens (including phenoxy) is 1. The second-order valence-electron chi connectivity index (χ2n) is 7.15. The first-order chi connectivity index (χ1) is 14.2. The molecule has 2 N–H and O–H groups in total. The van der Waals surface area contributed by atoms with Crippen molar-refractivity contribution in [2.75, 3.05) is 30.8 Å². The first kappa shape index (κ1) is 22.0. The Balaban J connectivity index is 1.65. The molecule has 160 valence electrons. The molecular formula is C21H22F3N3O2S. The van der Waals surface area contributed by atoms with Gasteiger partial charge in [-0.2, -0.15) is 0 Å². The van der Waals surface area contributed by atoms with Gasteiger partial charge in [0, 0.05) is 17.2 Å². The van der Waals surface area contributed by atoms with Crippen molar-refractivity contribution in [3.05, 3.63) is 54.1 Å². The van der Waals surface area contributed by atoms with Crippen LogP contribution in [0.4, 0.5) is 24.5 Å². The summed E-state index contributed by atoms with van der Waals surface area (Å²) in [5.74, 6) is -0.303. The van der Waals surface area contributed by atoms with Gasteiger partial charge in [-0.3, -0.25) is 4.79 Å². The Bertz CT molecular complexity index is 912. The maximum Gasteiger partial charge on any atom is 0.573 e. The number of halogens is 3. The van der Waals surface area contributed by atoms with E-state index >= 15 is 0 Å². The van der Waals surface area contributed by atoms with Crippen LogP contribution in [0.25, 0.3) is 0 Å². The van der Waals surface area contributed by atoms with Crippen molar-refractivity contribution in [3.63, 3.8) is 0 Å². The summed E-state index contributed by atoms with van der Waals surface area (Å²) in [5, 5.41) is 5.69. The first-order valence-corrected chi connectivity index (χ1v) is 9.88. The quantitative estimate of drug-likeness (QED) is 0.512. The summed E-state index contributed by atoms with van der Waals surface area (Å²) in [5.41, 5.74) is 1.23. The fraction of sp³-hybridized carbons (Fsp3) is 0.333. The molecule has 0 spiro atoms. The van der Waals surface area contributed by atoms with Crippen LogP contribution in [0, 0.1) is 5.92 Å². The zero-order valence-corrected chi connectivity index (χ0v) is 17.1. The van der Waals surface area contributed by atoms with E-state index in [9.17, 15) is 18.0 Å². The van der Waals surface area contributed by atoms with Gasteiger partial charge in [0.2, 0.25) is 0 Å². The molecule has 9 heteroatoms. The van der Waals surface area contributed by atoms with Gasteiger partial charge in [-0.25, -0.2) is 0 Å². The van der Waals surface area contributed by atoms with Gasteiger partial charge < -0.3 is 20.3 Å². The van der Waals surface area contributed by atoms with Crippen molar-refractivity contribution < 1.29 is 22.7 Å². The highest BCUT2D eigenvalue weighted by molar-refractivity contribution is 7.80. The van der Waals surface area contributed by atoms with E-state index in [0.29, 0.717) is 11.3 Å². The molecule has 0 aromatic heterocycles. The molecule has 5 nitrogen and oxygen atoms in total. The third kappa shape index (κ3) is 6.17. The lowest BCUT2D eigenvalue weighted by Gasteiger charge is -2.28. The lowest BCUT2D eigenvalue weighted by atomic mass is 9.89. The normalized spacial score (nSPS) is 15.5. The fourth-order valence-corrected chi connectivity index (χ4v) is 3.55. The summed E-state index contributed by atoms with van der Waals surface area (Å²) in [7, 11) is 2.04. The molecule has 1 aliphatic rings. The molecule has 0 amide bonds. The highest BCUT2D eigenvalue weighted by atomic mass is 32.1. The smallest absolute Gasteiger partial charge is 0.404 e. The number of hydrogen-bond donors (Lipinski definition) is 2. The zero-order chi connectivity index (χ0) is 21.7. The minimum atomic E-state index is -4.81. The molecule has 0 radical (unpaired) electrons. The second-order valence-corrected chi connectivity index (χ2v) is 7.55. The van der Waals surface area contributed by atoms with Crippen LogP contribution >= 0.6 is 12.2 Å². The summed E-state index contributed by atoms with van der Waals surface area (Å²) in [6.07, 6.45) is -3.17. The fourth-order valence-electron chi connectivity index (χ4n) is 3.32. The number of anilines is 2. The van der Waals surface area contributed by atoms with Gasteiger partial charge in [0.05, 0.1) is 5.69 Å². The average molecular weight is 437 g/mol. The minimum Gasteiger partial charge on any atom is -0.404 e.